The second-order valence-corrected chi connectivity index (χ2v) is 3.79. The predicted octanol–water partition coefficient (Wildman–Crippen LogP) is 3.15. The van der Waals surface area contributed by atoms with Crippen LogP contribution >= 0.6 is 23.2 Å². The molecule has 1 rings (SSSR count). The van der Waals surface area contributed by atoms with E-state index in [1.54, 1.807) is 6.07 Å². The summed E-state index contributed by atoms with van der Waals surface area (Å²) in [6, 6.07) is 5.65. The number of nitrogens with one attached hydrogen (secondary N) is 1. The van der Waals surface area contributed by atoms with Gasteiger partial charge in [0.15, 0.2) is 0 Å². The van der Waals surface area contributed by atoms with Crippen molar-refractivity contribution in [2.75, 3.05) is 13.6 Å². The van der Waals surface area contributed by atoms with Gasteiger partial charge in [0, 0.05) is 10.0 Å². The molecule has 1 nitrogen and oxygen atoms in total. The molecule has 0 amide bonds. The second-order valence-electron chi connectivity index (χ2n) is 2.94. The molecule has 0 aliphatic heterocycles. The monoisotopic (exact) mass is 217 g/mol. The molecule has 0 unspecified atom stereocenters. The van der Waals surface area contributed by atoms with Crippen molar-refractivity contribution in [1.82, 2.24) is 5.32 Å². The van der Waals surface area contributed by atoms with Crippen molar-refractivity contribution >= 4 is 23.2 Å². The molecule has 0 saturated heterocycles. The van der Waals surface area contributed by atoms with Gasteiger partial charge in [-0.3, -0.25) is 0 Å². The minimum Gasteiger partial charge on any atom is -0.320 e. The molecule has 0 saturated carbocycles. The first kappa shape index (κ1) is 10.8. The van der Waals surface area contributed by atoms with Gasteiger partial charge in [0.25, 0.3) is 0 Å². The van der Waals surface area contributed by atoms with Gasteiger partial charge in [-0.2, -0.15) is 0 Å². The zero-order valence-corrected chi connectivity index (χ0v) is 9.12. The summed E-state index contributed by atoms with van der Waals surface area (Å²) in [4.78, 5) is 0. The molecule has 0 radical (unpaired) electrons. The van der Waals surface area contributed by atoms with E-state index in [9.17, 15) is 0 Å². The average molecular weight is 218 g/mol. The lowest BCUT2D eigenvalue weighted by Crippen LogP contribution is -2.08. The summed E-state index contributed by atoms with van der Waals surface area (Å²) in [6.07, 6.45) is 2.09. The largest absolute Gasteiger partial charge is 0.320 e. The van der Waals surface area contributed by atoms with Gasteiger partial charge in [-0.25, -0.2) is 0 Å². The van der Waals surface area contributed by atoms with Crippen molar-refractivity contribution in [3.05, 3.63) is 33.8 Å². The van der Waals surface area contributed by atoms with Gasteiger partial charge in [0.2, 0.25) is 0 Å². The highest BCUT2D eigenvalue weighted by Gasteiger charge is 2.00. The Hall–Kier alpha value is -0.240. The third kappa shape index (κ3) is 3.55. The van der Waals surface area contributed by atoms with E-state index in [0.717, 1.165) is 24.4 Å². The molecule has 0 aliphatic rings. The maximum Gasteiger partial charge on any atom is 0.0452 e. The van der Waals surface area contributed by atoms with Crippen molar-refractivity contribution in [1.29, 1.82) is 0 Å². The lowest BCUT2D eigenvalue weighted by molar-refractivity contribution is 0.725. The Labute approximate surface area is 89.0 Å². The van der Waals surface area contributed by atoms with Gasteiger partial charge in [0.05, 0.1) is 0 Å². The van der Waals surface area contributed by atoms with E-state index in [0.29, 0.717) is 5.02 Å². The molecule has 0 aromatic heterocycles. The number of hydrogen-bond donors (Lipinski definition) is 1. The summed E-state index contributed by atoms with van der Waals surface area (Å²) >= 11 is 11.8. The molecule has 3 heteroatoms. The number of aryl methyl sites for hydroxylation is 1. The van der Waals surface area contributed by atoms with Gasteiger partial charge in [-0.1, -0.05) is 29.3 Å². The van der Waals surface area contributed by atoms with Crippen LogP contribution in [-0.4, -0.2) is 13.6 Å². The molecule has 0 atom stereocenters. The van der Waals surface area contributed by atoms with E-state index in [4.69, 9.17) is 23.2 Å². The maximum atomic E-state index is 6.00. The summed E-state index contributed by atoms with van der Waals surface area (Å²) in [6.45, 7) is 1.01. The van der Waals surface area contributed by atoms with E-state index >= 15 is 0 Å². The van der Waals surface area contributed by atoms with Gasteiger partial charge in [-0.15, -0.1) is 0 Å². The third-order valence-electron chi connectivity index (χ3n) is 1.89. The van der Waals surface area contributed by atoms with Crippen molar-refractivity contribution in [2.24, 2.45) is 0 Å². The highest BCUT2D eigenvalue weighted by Crippen LogP contribution is 2.21. The quantitative estimate of drug-likeness (QED) is 0.765. The van der Waals surface area contributed by atoms with Crippen LogP contribution in [-0.2, 0) is 6.42 Å². The first-order valence-corrected chi connectivity index (χ1v) is 5.08. The van der Waals surface area contributed by atoms with Crippen LogP contribution in [0.25, 0.3) is 0 Å². The summed E-state index contributed by atoms with van der Waals surface area (Å²) in [5, 5.41) is 4.56. The zero-order valence-electron chi connectivity index (χ0n) is 7.61. The normalized spacial score (nSPS) is 10.4. The molecule has 1 aromatic rings. The smallest absolute Gasteiger partial charge is 0.0452 e. The van der Waals surface area contributed by atoms with Crippen LogP contribution in [0, 0.1) is 0 Å². The number of hydrogen-bond acceptors (Lipinski definition) is 1. The first-order valence-electron chi connectivity index (χ1n) is 4.32. The maximum absolute atomic E-state index is 6.00. The van der Waals surface area contributed by atoms with E-state index in [2.05, 4.69) is 5.32 Å². The fourth-order valence-electron chi connectivity index (χ4n) is 1.18. The topological polar surface area (TPSA) is 12.0 Å². The molecule has 0 bridgehead atoms. The fraction of sp³-hybridized carbons (Fsp3) is 0.400. The van der Waals surface area contributed by atoms with Crippen LogP contribution in [0.1, 0.15) is 12.0 Å². The Kier molecular flexibility index (Phi) is 4.57. The summed E-state index contributed by atoms with van der Waals surface area (Å²) in [5.74, 6) is 0. The molecule has 0 fully saturated rings. The van der Waals surface area contributed by atoms with Gasteiger partial charge in [0.1, 0.15) is 0 Å². The standard InChI is InChI=1S/C10H13Cl2N/c1-13-6-2-3-8-4-5-9(11)7-10(8)12/h4-5,7,13H,2-3,6H2,1H3. The Balaban J connectivity index is 2.56. The Morgan fingerprint density at radius 3 is 2.69 bits per heavy atom. The third-order valence-corrected chi connectivity index (χ3v) is 2.47. The molecule has 1 N–H and O–H groups in total. The Bertz CT molecular complexity index is 274. The van der Waals surface area contributed by atoms with Crippen molar-refractivity contribution < 1.29 is 0 Å². The fourth-order valence-corrected chi connectivity index (χ4v) is 1.68. The Morgan fingerprint density at radius 2 is 2.08 bits per heavy atom. The second kappa shape index (κ2) is 5.48. The summed E-state index contributed by atoms with van der Waals surface area (Å²) in [5.41, 5.74) is 1.17. The molecule has 72 valence electrons. The molecular formula is C10H13Cl2N. The van der Waals surface area contributed by atoms with E-state index in [-0.39, 0.29) is 0 Å². The molecule has 0 spiro atoms. The van der Waals surface area contributed by atoms with Crippen LogP contribution in [0.4, 0.5) is 0 Å². The minimum absolute atomic E-state index is 0.697. The number of rotatable bonds is 4. The lowest BCUT2D eigenvalue weighted by atomic mass is 10.1. The molecule has 1 aromatic carbocycles. The van der Waals surface area contributed by atoms with Crippen LogP contribution in [0.2, 0.25) is 10.0 Å². The van der Waals surface area contributed by atoms with Crippen molar-refractivity contribution in [3.8, 4) is 0 Å². The van der Waals surface area contributed by atoms with E-state index in [1.807, 2.05) is 19.2 Å². The lowest BCUT2D eigenvalue weighted by Gasteiger charge is -2.03. The minimum atomic E-state index is 0.697. The molecule has 0 heterocycles. The SMILES string of the molecule is CNCCCc1ccc(Cl)cc1Cl. The van der Waals surface area contributed by atoms with Gasteiger partial charge >= 0.3 is 0 Å². The van der Waals surface area contributed by atoms with Crippen LogP contribution < -0.4 is 5.32 Å². The van der Waals surface area contributed by atoms with E-state index in [1.165, 1.54) is 5.56 Å². The van der Waals surface area contributed by atoms with Crippen LogP contribution in [0.15, 0.2) is 18.2 Å². The molecule has 0 aliphatic carbocycles. The summed E-state index contributed by atoms with van der Waals surface area (Å²) in [7, 11) is 1.95. The average Bonchev–Trinajstić information content (AvgIpc) is 2.09. The number of benzene rings is 1. The summed E-state index contributed by atoms with van der Waals surface area (Å²) < 4.78 is 0. The van der Waals surface area contributed by atoms with Crippen molar-refractivity contribution in [2.45, 2.75) is 12.8 Å². The first-order chi connectivity index (χ1) is 6.24. The van der Waals surface area contributed by atoms with Gasteiger partial charge < -0.3 is 5.32 Å². The molecule has 13 heavy (non-hydrogen) atoms. The van der Waals surface area contributed by atoms with Crippen LogP contribution in [0.5, 0.6) is 0 Å². The van der Waals surface area contributed by atoms with Crippen molar-refractivity contribution in [3.63, 3.8) is 0 Å². The van der Waals surface area contributed by atoms with Crippen LogP contribution in [0.3, 0.4) is 0 Å². The Morgan fingerprint density at radius 1 is 1.31 bits per heavy atom. The van der Waals surface area contributed by atoms with E-state index < -0.39 is 0 Å². The number of halogens is 2. The zero-order chi connectivity index (χ0) is 9.68. The highest BCUT2D eigenvalue weighted by molar-refractivity contribution is 6.35. The van der Waals surface area contributed by atoms with Gasteiger partial charge in [-0.05, 0) is 44.1 Å². The molecular weight excluding hydrogens is 205 g/mol. The predicted molar refractivity (Wildman–Crippen MR) is 58.7 cm³/mol. The highest BCUT2D eigenvalue weighted by atomic mass is 35.5.